The summed E-state index contributed by atoms with van der Waals surface area (Å²) in [6.45, 7) is 0.277. The Morgan fingerprint density at radius 1 is 1.18 bits per heavy atom. The number of carboxylic acid groups (broad SMARTS) is 1. The molecule has 2 aromatic carbocycles. The Hall–Kier alpha value is -2.97. The van der Waals surface area contributed by atoms with Gasteiger partial charge in [0.25, 0.3) is 0 Å². The monoisotopic (exact) mass is 479 g/mol. The molecule has 0 aliphatic heterocycles. The highest BCUT2D eigenvalue weighted by Crippen LogP contribution is 2.40. The number of thiazole rings is 1. The molecule has 1 saturated carbocycles. The number of ether oxygens (including phenoxy) is 1. The molecule has 8 heteroatoms. The lowest BCUT2D eigenvalue weighted by atomic mass is 9.80. The quantitative estimate of drug-likeness (QED) is 0.513. The van der Waals surface area contributed by atoms with E-state index in [9.17, 15) is 14.7 Å². The summed E-state index contributed by atoms with van der Waals surface area (Å²) in [6, 6.07) is 14.3. The molecule has 0 radical (unpaired) electrons. The summed E-state index contributed by atoms with van der Waals surface area (Å²) in [5, 5.41) is 13.3. The van der Waals surface area contributed by atoms with E-state index in [1.807, 2.05) is 42.5 Å². The Morgan fingerprint density at radius 3 is 2.53 bits per heavy atom. The molecule has 1 aromatic heterocycles. The lowest BCUT2D eigenvalue weighted by Crippen LogP contribution is -2.46. The van der Waals surface area contributed by atoms with Crippen molar-refractivity contribution in [2.75, 3.05) is 14.1 Å². The molecule has 2 N–H and O–H groups in total. The van der Waals surface area contributed by atoms with E-state index in [1.165, 1.54) is 11.3 Å². The number of nitrogens with one attached hydrogen (secondary N) is 1. The third kappa shape index (κ3) is 4.52. The number of aromatic nitrogens is 1. The summed E-state index contributed by atoms with van der Waals surface area (Å²) in [5.74, 6) is -0.341. The molecule has 1 heterocycles. The van der Waals surface area contributed by atoms with Gasteiger partial charge in [0, 0.05) is 6.04 Å². The first-order valence-corrected chi connectivity index (χ1v) is 12.4. The third-order valence-corrected chi connectivity index (χ3v) is 8.07. The average Bonchev–Trinajstić information content (AvgIpc) is 3.34. The van der Waals surface area contributed by atoms with Crippen LogP contribution >= 0.6 is 11.3 Å². The van der Waals surface area contributed by atoms with Gasteiger partial charge in [-0.3, -0.25) is 9.59 Å². The van der Waals surface area contributed by atoms with Crippen molar-refractivity contribution in [2.24, 2.45) is 5.41 Å². The van der Waals surface area contributed by atoms with Crippen molar-refractivity contribution in [1.29, 1.82) is 0 Å². The minimum Gasteiger partial charge on any atom is -0.490 e. The van der Waals surface area contributed by atoms with Gasteiger partial charge in [-0.25, -0.2) is 4.98 Å². The van der Waals surface area contributed by atoms with E-state index in [2.05, 4.69) is 29.3 Å². The molecule has 5 rings (SSSR count). The van der Waals surface area contributed by atoms with Gasteiger partial charge in [0.2, 0.25) is 5.91 Å². The predicted octanol–water partition coefficient (Wildman–Crippen LogP) is 3.64. The van der Waals surface area contributed by atoms with E-state index < -0.39 is 11.4 Å². The molecule has 1 fully saturated rings. The Bertz CT molecular complexity index is 1210. The number of nitrogens with zero attached hydrogens (tertiary/aromatic N) is 2. The predicted molar refractivity (Wildman–Crippen MR) is 131 cm³/mol. The van der Waals surface area contributed by atoms with Gasteiger partial charge in [0.15, 0.2) is 0 Å². The fourth-order valence-electron chi connectivity index (χ4n) is 5.04. The number of amides is 1. The van der Waals surface area contributed by atoms with E-state index in [-0.39, 0.29) is 25.0 Å². The number of aliphatic carboxylic acids is 1. The summed E-state index contributed by atoms with van der Waals surface area (Å²) >= 11 is 1.52. The number of carbonyl (C=O) groups is 2. The summed E-state index contributed by atoms with van der Waals surface area (Å²) in [5.41, 5.74) is 2.01. The van der Waals surface area contributed by atoms with E-state index in [1.54, 1.807) is 0 Å². The summed E-state index contributed by atoms with van der Waals surface area (Å²) < 4.78 is 7.13. The maximum atomic E-state index is 13.2. The highest BCUT2D eigenvalue weighted by molar-refractivity contribution is 7.18. The summed E-state index contributed by atoms with van der Waals surface area (Å²) in [7, 11) is 4.19. The summed E-state index contributed by atoms with van der Waals surface area (Å²) in [6.07, 6.45) is 3.01. The largest absolute Gasteiger partial charge is 0.490 e. The van der Waals surface area contributed by atoms with Gasteiger partial charge in [-0.2, -0.15) is 0 Å². The van der Waals surface area contributed by atoms with E-state index >= 15 is 0 Å². The zero-order chi connectivity index (χ0) is 23.9. The van der Waals surface area contributed by atoms with Crippen LogP contribution in [0.25, 0.3) is 10.2 Å². The van der Waals surface area contributed by atoms with Crippen LogP contribution in [0.1, 0.15) is 35.4 Å². The van der Waals surface area contributed by atoms with Crippen molar-refractivity contribution in [2.45, 2.75) is 50.8 Å². The van der Waals surface area contributed by atoms with Crippen LogP contribution in [0.3, 0.4) is 0 Å². The molecule has 7 nitrogen and oxygen atoms in total. The molecular formula is C26H29N3O4S. The molecule has 1 amide bonds. The van der Waals surface area contributed by atoms with Crippen LogP contribution < -0.4 is 10.1 Å². The second-order valence-corrected chi connectivity index (χ2v) is 10.8. The maximum Gasteiger partial charge on any atom is 0.304 e. The molecule has 2 aliphatic carbocycles. The van der Waals surface area contributed by atoms with Gasteiger partial charge >= 0.3 is 5.97 Å². The number of benzene rings is 2. The summed E-state index contributed by atoms with van der Waals surface area (Å²) in [4.78, 5) is 31.7. The normalized spacial score (nSPS) is 20.7. The van der Waals surface area contributed by atoms with Crippen LogP contribution in [-0.4, -0.2) is 53.1 Å². The van der Waals surface area contributed by atoms with Crippen molar-refractivity contribution in [3.8, 4) is 5.75 Å². The van der Waals surface area contributed by atoms with Crippen LogP contribution in [0.15, 0.2) is 42.5 Å². The van der Waals surface area contributed by atoms with Crippen LogP contribution in [0, 0.1) is 5.41 Å². The van der Waals surface area contributed by atoms with Crippen molar-refractivity contribution in [1.82, 2.24) is 15.2 Å². The highest BCUT2D eigenvalue weighted by atomic mass is 32.1. The molecule has 0 spiro atoms. The standard InChI is InChI=1S/C26H29N3O4S/c1-29(2)18-9-20(10-18)33-19-7-8-21-22(11-19)34-23(28-21)15-27-25(32)26(14-24(30)31)12-16-5-3-4-6-17(16)13-26/h3-8,11,18,20H,9-10,12-15H2,1-2H3,(H,27,32)(H,30,31). The van der Waals surface area contributed by atoms with Gasteiger partial charge in [-0.15, -0.1) is 11.3 Å². The first-order chi connectivity index (χ1) is 16.3. The maximum absolute atomic E-state index is 13.2. The number of hydrogen-bond donors (Lipinski definition) is 2. The first-order valence-electron chi connectivity index (χ1n) is 11.6. The van der Waals surface area contributed by atoms with Crippen molar-refractivity contribution in [3.05, 3.63) is 58.6 Å². The molecule has 0 bridgehead atoms. The van der Waals surface area contributed by atoms with Crippen LogP contribution in [0.5, 0.6) is 5.75 Å². The molecule has 2 aliphatic rings. The van der Waals surface area contributed by atoms with E-state index in [0.29, 0.717) is 18.9 Å². The van der Waals surface area contributed by atoms with E-state index in [4.69, 9.17) is 4.74 Å². The van der Waals surface area contributed by atoms with Crippen molar-refractivity contribution >= 4 is 33.4 Å². The molecule has 0 atom stereocenters. The fraction of sp³-hybridized carbons (Fsp3) is 0.423. The van der Waals surface area contributed by atoms with Gasteiger partial charge in [0.1, 0.15) is 16.9 Å². The fourth-order valence-corrected chi connectivity index (χ4v) is 5.98. The first kappa shape index (κ1) is 22.8. The van der Waals surface area contributed by atoms with Crippen molar-refractivity contribution in [3.63, 3.8) is 0 Å². The SMILES string of the molecule is CN(C)C1CC(Oc2ccc3nc(CNC(=O)C4(CC(=O)O)Cc5ccccc5C4)sc3c2)C1. The topological polar surface area (TPSA) is 91.8 Å². The van der Waals surface area contributed by atoms with Crippen LogP contribution in [0.2, 0.25) is 0 Å². The minimum atomic E-state index is -0.959. The second kappa shape index (κ2) is 9.00. The van der Waals surface area contributed by atoms with Gasteiger partial charge in [-0.05, 0) is 69.1 Å². The molecule has 3 aromatic rings. The number of carbonyl (C=O) groups excluding carboxylic acids is 1. The minimum absolute atomic E-state index is 0.191. The van der Waals surface area contributed by atoms with Crippen LogP contribution in [0.4, 0.5) is 0 Å². The number of rotatable bonds is 8. The Balaban J connectivity index is 1.24. The highest BCUT2D eigenvalue weighted by Gasteiger charge is 2.45. The number of fused-ring (bicyclic) bond motifs is 2. The zero-order valence-electron chi connectivity index (χ0n) is 19.4. The lowest BCUT2D eigenvalue weighted by Gasteiger charge is -2.39. The Labute approximate surface area is 202 Å². The van der Waals surface area contributed by atoms with Gasteiger partial charge in [0.05, 0.1) is 28.6 Å². The number of carboxylic acids is 1. The molecular weight excluding hydrogens is 450 g/mol. The molecule has 34 heavy (non-hydrogen) atoms. The molecule has 0 saturated heterocycles. The van der Waals surface area contributed by atoms with Gasteiger partial charge in [-0.1, -0.05) is 24.3 Å². The average molecular weight is 480 g/mol. The lowest BCUT2D eigenvalue weighted by molar-refractivity contribution is -0.145. The Morgan fingerprint density at radius 2 is 1.88 bits per heavy atom. The van der Waals surface area contributed by atoms with Crippen molar-refractivity contribution < 1.29 is 19.4 Å². The molecule has 0 unspecified atom stereocenters. The smallest absolute Gasteiger partial charge is 0.304 e. The zero-order valence-corrected chi connectivity index (χ0v) is 20.2. The molecule has 178 valence electrons. The van der Waals surface area contributed by atoms with Gasteiger partial charge < -0.3 is 20.1 Å². The second-order valence-electron chi connectivity index (χ2n) is 9.72. The Kier molecular flexibility index (Phi) is 6.04. The van der Waals surface area contributed by atoms with E-state index in [0.717, 1.165) is 44.9 Å². The third-order valence-electron chi connectivity index (χ3n) is 7.05. The van der Waals surface area contributed by atoms with Crippen LogP contribution in [-0.2, 0) is 29.0 Å². The number of hydrogen-bond acceptors (Lipinski definition) is 6.